The van der Waals surface area contributed by atoms with Crippen LogP contribution in [0.25, 0.3) is 0 Å². The van der Waals surface area contributed by atoms with Crippen molar-refractivity contribution in [3.8, 4) is 11.5 Å². The molecule has 1 aromatic carbocycles. The molecule has 2 amide bonds. The Morgan fingerprint density at radius 3 is 2.64 bits per heavy atom. The molecule has 0 saturated heterocycles. The second-order valence-electron chi connectivity index (χ2n) is 5.06. The van der Waals surface area contributed by atoms with E-state index >= 15 is 0 Å². The fourth-order valence-electron chi connectivity index (χ4n) is 1.98. The fraction of sp³-hybridized carbons (Fsp3) is 0.235. The molecular weight excluding hydrogens is 326 g/mol. The highest BCUT2D eigenvalue weighted by molar-refractivity contribution is 6.06. The zero-order chi connectivity index (χ0) is 18.2. The van der Waals surface area contributed by atoms with Gasteiger partial charge in [-0.3, -0.25) is 9.59 Å². The first kappa shape index (κ1) is 18.1. The maximum atomic E-state index is 12.1. The lowest BCUT2D eigenvalue weighted by atomic mass is 10.2. The number of nitrogens with one attached hydrogen (secondary N) is 2. The summed E-state index contributed by atoms with van der Waals surface area (Å²) >= 11 is 0. The van der Waals surface area contributed by atoms with Crippen molar-refractivity contribution in [1.82, 2.24) is 5.43 Å². The normalized spacial score (nSPS) is 10.9. The maximum Gasteiger partial charge on any atom is 0.307 e. The number of amides is 2. The Bertz CT molecular complexity index is 769. The third-order valence-corrected chi connectivity index (χ3v) is 3.19. The number of carbonyl (C=O) groups is 2. The molecule has 1 heterocycles. The van der Waals surface area contributed by atoms with Crippen molar-refractivity contribution in [2.75, 3.05) is 19.5 Å². The number of furan rings is 1. The van der Waals surface area contributed by atoms with Gasteiger partial charge < -0.3 is 19.2 Å². The molecule has 2 rings (SSSR count). The molecule has 0 spiro atoms. The Hall–Kier alpha value is -3.29. The lowest BCUT2D eigenvalue weighted by molar-refractivity contribution is -0.115. The van der Waals surface area contributed by atoms with Crippen molar-refractivity contribution in [2.45, 2.75) is 13.3 Å². The van der Waals surface area contributed by atoms with E-state index in [4.69, 9.17) is 13.9 Å². The van der Waals surface area contributed by atoms with Crippen LogP contribution in [0.1, 0.15) is 23.9 Å². The standard InChI is InChI=1S/C17H19N3O5/c1-11(19-20-17(22)14-5-4-8-25-14)9-16(21)18-13-7-6-12(23-2)10-15(13)24-3/h4-8,10H,9H2,1-3H3,(H,18,21)(H,20,22)/b19-11+. The number of hydrogen-bond acceptors (Lipinski definition) is 6. The first-order valence-electron chi connectivity index (χ1n) is 7.42. The summed E-state index contributed by atoms with van der Waals surface area (Å²) in [5.74, 6) is 0.462. The summed E-state index contributed by atoms with van der Waals surface area (Å²) in [4.78, 5) is 23.8. The summed E-state index contributed by atoms with van der Waals surface area (Å²) in [6.07, 6.45) is 1.40. The third-order valence-electron chi connectivity index (χ3n) is 3.19. The molecule has 0 radical (unpaired) electrons. The second-order valence-corrected chi connectivity index (χ2v) is 5.06. The molecule has 0 fully saturated rings. The second kappa shape index (κ2) is 8.53. The lowest BCUT2D eigenvalue weighted by Crippen LogP contribution is -2.21. The molecule has 8 heteroatoms. The molecular formula is C17H19N3O5. The zero-order valence-corrected chi connectivity index (χ0v) is 14.2. The Labute approximate surface area is 144 Å². The van der Waals surface area contributed by atoms with Gasteiger partial charge in [-0.25, -0.2) is 5.43 Å². The fourth-order valence-corrected chi connectivity index (χ4v) is 1.98. The van der Waals surface area contributed by atoms with Crippen molar-refractivity contribution in [1.29, 1.82) is 0 Å². The predicted octanol–water partition coefficient (Wildman–Crippen LogP) is 2.43. The Balaban J connectivity index is 1.93. The summed E-state index contributed by atoms with van der Waals surface area (Å²) < 4.78 is 15.3. The average molecular weight is 345 g/mol. The molecule has 0 unspecified atom stereocenters. The van der Waals surface area contributed by atoms with Gasteiger partial charge in [-0.05, 0) is 31.2 Å². The van der Waals surface area contributed by atoms with Crippen LogP contribution in [0, 0.1) is 0 Å². The highest BCUT2D eigenvalue weighted by Crippen LogP contribution is 2.29. The number of hydrazone groups is 1. The van der Waals surface area contributed by atoms with E-state index in [0.717, 1.165) is 0 Å². The van der Waals surface area contributed by atoms with Crippen LogP contribution < -0.4 is 20.2 Å². The lowest BCUT2D eigenvalue weighted by Gasteiger charge is -2.11. The topological polar surface area (TPSA) is 102 Å². The van der Waals surface area contributed by atoms with Gasteiger partial charge >= 0.3 is 5.91 Å². The number of benzene rings is 1. The van der Waals surface area contributed by atoms with Crippen LogP contribution in [0.3, 0.4) is 0 Å². The maximum absolute atomic E-state index is 12.1. The number of ether oxygens (including phenoxy) is 2. The van der Waals surface area contributed by atoms with Crippen LogP contribution in [0.2, 0.25) is 0 Å². The molecule has 1 aromatic heterocycles. The SMILES string of the molecule is COc1ccc(NC(=O)C/C(C)=N/NC(=O)c2ccco2)c(OC)c1. The first-order valence-corrected chi connectivity index (χ1v) is 7.42. The highest BCUT2D eigenvalue weighted by atomic mass is 16.5. The highest BCUT2D eigenvalue weighted by Gasteiger charge is 2.11. The molecule has 132 valence electrons. The Morgan fingerprint density at radius 1 is 1.20 bits per heavy atom. The molecule has 0 aliphatic heterocycles. The van der Waals surface area contributed by atoms with Crippen molar-refractivity contribution in [2.24, 2.45) is 5.10 Å². The van der Waals surface area contributed by atoms with Crippen LogP contribution in [0.15, 0.2) is 46.1 Å². The quantitative estimate of drug-likeness (QED) is 0.593. The summed E-state index contributed by atoms with van der Waals surface area (Å²) in [5.41, 5.74) is 3.28. The van der Waals surface area contributed by atoms with E-state index in [1.165, 1.54) is 19.4 Å². The van der Waals surface area contributed by atoms with Gasteiger partial charge in [0, 0.05) is 11.8 Å². The molecule has 0 saturated carbocycles. The van der Waals surface area contributed by atoms with E-state index in [9.17, 15) is 9.59 Å². The van der Waals surface area contributed by atoms with Crippen LogP contribution >= 0.6 is 0 Å². The first-order chi connectivity index (χ1) is 12.0. The van der Waals surface area contributed by atoms with Crippen molar-refractivity contribution < 1.29 is 23.5 Å². The Kier molecular flexibility index (Phi) is 6.16. The Morgan fingerprint density at radius 2 is 2.00 bits per heavy atom. The van der Waals surface area contributed by atoms with Crippen LogP contribution in [-0.4, -0.2) is 31.7 Å². The zero-order valence-electron chi connectivity index (χ0n) is 14.2. The van der Waals surface area contributed by atoms with Gasteiger partial charge in [-0.15, -0.1) is 0 Å². The van der Waals surface area contributed by atoms with E-state index in [-0.39, 0.29) is 18.1 Å². The van der Waals surface area contributed by atoms with Crippen LogP contribution in [0.4, 0.5) is 5.69 Å². The minimum absolute atomic E-state index is 0.00756. The number of nitrogens with zero attached hydrogens (tertiary/aromatic N) is 1. The number of rotatable bonds is 7. The van der Waals surface area contributed by atoms with Gasteiger partial charge in [-0.1, -0.05) is 0 Å². The molecule has 2 N–H and O–H groups in total. The summed E-state index contributed by atoms with van der Waals surface area (Å²) in [5, 5.41) is 6.60. The van der Waals surface area contributed by atoms with Crippen LogP contribution in [-0.2, 0) is 4.79 Å². The summed E-state index contributed by atoms with van der Waals surface area (Å²) in [6, 6.07) is 8.17. The number of methoxy groups -OCH3 is 2. The predicted molar refractivity (Wildman–Crippen MR) is 92.1 cm³/mol. The van der Waals surface area contributed by atoms with Crippen molar-refractivity contribution >= 4 is 23.2 Å². The average Bonchev–Trinajstić information content (AvgIpc) is 3.14. The molecule has 0 atom stereocenters. The van der Waals surface area contributed by atoms with Crippen molar-refractivity contribution in [3.63, 3.8) is 0 Å². The van der Waals surface area contributed by atoms with E-state index < -0.39 is 5.91 Å². The molecule has 8 nitrogen and oxygen atoms in total. The summed E-state index contributed by atoms with van der Waals surface area (Å²) in [7, 11) is 3.05. The largest absolute Gasteiger partial charge is 0.497 e. The van der Waals surface area contributed by atoms with Crippen LogP contribution in [0.5, 0.6) is 11.5 Å². The molecule has 2 aromatic rings. The van der Waals surface area contributed by atoms with Gasteiger partial charge in [0.25, 0.3) is 0 Å². The smallest absolute Gasteiger partial charge is 0.307 e. The van der Waals surface area contributed by atoms with E-state index in [0.29, 0.717) is 22.9 Å². The number of hydrogen-bond donors (Lipinski definition) is 2. The molecule has 0 bridgehead atoms. The molecule has 25 heavy (non-hydrogen) atoms. The number of anilines is 1. The van der Waals surface area contributed by atoms with E-state index in [1.54, 1.807) is 38.3 Å². The van der Waals surface area contributed by atoms with Gasteiger partial charge in [-0.2, -0.15) is 5.10 Å². The van der Waals surface area contributed by atoms with Gasteiger partial charge in [0.2, 0.25) is 5.91 Å². The molecule has 0 aliphatic rings. The summed E-state index contributed by atoms with van der Waals surface area (Å²) in [6.45, 7) is 1.63. The van der Waals surface area contributed by atoms with Gasteiger partial charge in [0.05, 0.1) is 32.6 Å². The minimum Gasteiger partial charge on any atom is -0.497 e. The molecule has 0 aliphatic carbocycles. The third kappa shape index (κ3) is 5.10. The van der Waals surface area contributed by atoms with Gasteiger partial charge in [0.15, 0.2) is 5.76 Å². The van der Waals surface area contributed by atoms with Crippen molar-refractivity contribution in [3.05, 3.63) is 42.4 Å². The van der Waals surface area contributed by atoms with E-state index in [2.05, 4.69) is 15.8 Å². The van der Waals surface area contributed by atoms with E-state index in [1.807, 2.05) is 0 Å². The number of carbonyl (C=O) groups excluding carboxylic acids is 2. The minimum atomic E-state index is -0.485. The van der Waals surface area contributed by atoms with Gasteiger partial charge in [0.1, 0.15) is 11.5 Å². The monoisotopic (exact) mass is 345 g/mol.